The van der Waals surface area contributed by atoms with E-state index < -0.39 is 10.9 Å². The molecule has 1 aliphatic heterocycles. The second-order valence-corrected chi connectivity index (χ2v) is 5.89. The molecule has 5 nitrogen and oxygen atoms in total. The first kappa shape index (κ1) is 15.0. The van der Waals surface area contributed by atoms with E-state index in [0.29, 0.717) is 12.5 Å². The predicted molar refractivity (Wildman–Crippen MR) is 78.0 cm³/mol. The van der Waals surface area contributed by atoms with Gasteiger partial charge in [-0.1, -0.05) is 18.2 Å². The van der Waals surface area contributed by atoms with Crippen molar-refractivity contribution in [2.45, 2.75) is 19.3 Å². The molecule has 1 aromatic rings. The summed E-state index contributed by atoms with van der Waals surface area (Å²) in [5, 5.41) is 0. The Bertz CT molecular complexity index is 500. The number of amides is 1. The normalized spacial score (nSPS) is 16.6. The van der Waals surface area contributed by atoms with Crippen molar-refractivity contribution in [1.29, 1.82) is 0 Å². The van der Waals surface area contributed by atoms with Crippen LogP contribution in [0.4, 0.5) is 0 Å². The fourth-order valence-corrected chi connectivity index (χ4v) is 2.86. The van der Waals surface area contributed by atoms with Crippen molar-refractivity contribution in [2.75, 3.05) is 19.6 Å². The molecular formula is C14H20N2O3S. The van der Waals surface area contributed by atoms with Gasteiger partial charge in [-0.05, 0) is 37.3 Å². The topological polar surface area (TPSA) is 66.5 Å². The monoisotopic (exact) mass is 296 g/mol. The molecule has 2 rings (SSSR count). The molecule has 0 bridgehead atoms. The molecule has 6 heteroatoms. The molecule has 0 saturated carbocycles. The van der Waals surface area contributed by atoms with Crippen molar-refractivity contribution in [3.63, 3.8) is 0 Å². The minimum atomic E-state index is -2.49. The van der Waals surface area contributed by atoms with E-state index in [-0.39, 0.29) is 5.91 Å². The highest BCUT2D eigenvalue weighted by molar-refractivity contribution is 7.70. The van der Waals surface area contributed by atoms with Crippen molar-refractivity contribution >= 4 is 16.8 Å². The third-order valence-electron chi connectivity index (χ3n) is 3.72. The number of carbonyl (C=O) groups is 1. The number of nitrogens with zero attached hydrogens (tertiary/aromatic N) is 1. The molecule has 1 aliphatic rings. The van der Waals surface area contributed by atoms with Gasteiger partial charge in [0.05, 0.1) is 0 Å². The van der Waals surface area contributed by atoms with Gasteiger partial charge in [0.1, 0.15) is 0 Å². The molecule has 20 heavy (non-hydrogen) atoms. The zero-order valence-corrected chi connectivity index (χ0v) is 12.2. The summed E-state index contributed by atoms with van der Waals surface area (Å²) in [6, 6.07) is 9.31. The number of thiol groups is 1. The average molecular weight is 296 g/mol. The third-order valence-corrected chi connectivity index (χ3v) is 4.20. The molecule has 1 aromatic carbocycles. The SMILES string of the molecule is O=C(c1ccccc1)N1CCC(CCN[SH](=O)=O)CC1. The molecule has 1 fully saturated rings. The number of carbonyl (C=O) groups excluding carboxylic acids is 1. The second kappa shape index (κ2) is 7.40. The maximum absolute atomic E-state index is 12.2. The molecule has 0 radical (unpaired) electrons. The van der Waals surface area contributed by atoms with Crippen LogP contribution in [0.15, 0.2) is 30.3 Å². The van der Waals surface area contributed by atoms with Gasteiger partial charge in [0.15, 0.2) is 0 Å². The maximum atomic E-state index is 12.2. The van der Waals surface area contributed by atoms with Gasteiger partial charge in [-0.3, -0.25) is 4.79 Å². The van der Waals surface area contributed by atoms with Gasteiger partial charge in [-0.2, -0.15) is 0 Å². The van der Waals surface area contributed by atoms with E-state index in [1.165, 1.54) is 0 Å². The number of hydrogen-bond donors (Lipinski definition) is 2. The van der Waals surface area contributed by atoms with E-state index >= 15 is 0 Å². The van der Waals surface area contributed by atoms with Gasteiger partial charge in [0.25, 0.3) is 5.91 Å². The highest BCUT2D eigenvalue weighted by atomic mass is 32.2. The number of rotatable bonds is 5. The summed E-state index contributed by atoms with van der Waals surface area (Å²) >= 11 is 0. The van der Waals surface area contributed by atoms with E-state index in [0.717, 1.165) is 37.9 Å². The number of hydrogen-bond acceptors (Lipinski definition) is 3. The van der Waals surface area contributed by atoms with Crippen LogP contribution in [0, 0.1) is 5.92 Å². The second-order valence-electron chi connectivity index (χ2n) is 5.06. The van der Waals surface area contributed by atoms with Crippen LogP contribution in [-0.2, 0) is 10.9 Å². The lowest BCUT2D eigenvalue weighted by molar-refractivity contribution is 0.0687. The summed E-state index contributed by atoms with van der Waals surface area (Å²) in [6.07, 6.45) is 2.72. The molecule has 110 valence electrons. The summed E-state index contributed by atoms with van der Waals surface area (Å²) in [5.74, 6) is 0.585. The summed E-state index contributed by atoms with van der Waals surface area (Å²) in [4.78, 5) is 14.1. The summed E-state index contributed by atoms with van der Waals surface area (Å²) < 4.78 is 23.3. The van der Waals surface area contributed by atoms with E-state index in [2.05, 4.69) is 4.72 Å². The van der Waals surface area contributed by atoms with E-state index in [1.807, 2.05) is 35.2 Å². The standard InChI is InChI=1S/C14H20N2O3S/c17-14(13-4-2-1-3-5-13)16-10-7-12(8-11-16)6-9-15-20(18)19/h1-5,12,20H,6-11H2,(H,15,18,19). The van der Waals surface area contributed by atoms with Crippen LogP contribution in [0.5, 0.6) is 0 Å². The van der Waals surface area contributed by atoms with Crippen LogP contribution in [0.2, 0.25) is 0 Å². The molecular weight excluding hydrogens is 276 g/mol. The van der Waals surface area contributed by atoms with Crippen molar-refractivity contribution in [3.8, 4) is 0 Å². The fraction of sp³-hybridized carbons (Fsp3) is 0.500. The Morgan fingerprint density at radius 3 is 2.45 bits per heavy atom. The predicted octanol–water partition coefficient (Wildman–Crippen LogP) is 1.04. The van der Waals surface area contributed by atoms with E-state index in [9.17, 15) is 13.2 Å². The Morgan fingerprint density at radius 1 is 1.20 bits per heavy atom. The average Bonchev–Trinajstić information content (AvgIpc) is 2.48. The lowest BCUT2D eigenvalue weighted by Crippen LogP contribution is -2.39. The quantitative estimate of drug-likeness (QED) is 0.798. The largest absolute Gasteiger partial charge is 0.339 e. The Morgan fingerprint density at radius 2 is 1.85 bits per heavy atom. The highest BCUT2D eigenvalue weighted by Gasteiger charge is 2.23. The van der Waals surface area contributed by atoms with Crippen molar-refractivity contribution in [3.05, 3.63) is 35.9 Å². The number of benzene rings is 1. The van der Waals surface area contributed by atoms with Crippen LogP contribution in [0.25, 0.3) is 0 Å². The molecule has 1 amide bonds. The smallest absolute Gasteiger partial charge is 0.253 e. The van der Waals surface area contributed by atoms with Crippen LogP contribution in [0.1, 0.15) is 29.6 Å². The molecule has 0 aromatic heterocycles. The van der Waals surface area contributed by atoms with Gasteiger partial charge in [0.2, 0.25) is 10.9 Å². The van der Waals surface area contributed by atoms with Crippen LogP contribution in [0.3, 0.4) is 0 Å². The Kier molecular flexibility index (Phi) is 5.55. The third kappa shape index (κ3) is 4.31. The first-order chi connectivity index (χ1) is 9.66. The van der Waals surface area contributed by atoms with Crippen LogP contribution >= 0.6 is 0 Å². The van der Waals surface area contributed by atoms with Crippen molar-refractivity contribution in [1.82, 2.24) is 9.62 Å². The highest BCUT2D eigenvalue weighted by Crippen LogP contribution is 2.21. The molecule has 1 saturated heterocycles. The zero-order valence-electron chi connectivity index (χ0n) is 11.3. The number of likely N-dealkylation sites (tertiary alicyclic amines) is 1. The lowest BCUT2D eigenvalue weighted by atomic mass is 9.93. The molecule has 0 aliphatic carbocycles. The van der Waals surface area contributed by atoms with Gasteiger partial charge in [-0.25, -0.2) is 13.1 Å². The maximum Gasteiger partial charge on any atom is 0.253 e. The summed E-state index contributed by atoms with van der Waals surface area (Å²) in [5.41, 5.74) is 0.732. The Labute approximate surface area is 121 Å². The molecule has 0 spiro atoms. The van der Waals surface area contributed by atoms with E-state index in [4.69, 9.17) is 0 Å². The van der Waals surface area contributed by atoms with E-state index in [1.54, 1.807) is 0 Å². The van der Waals surface area contributed by atoms with Gasteiger partial charge in [-0.15, -0.1) is 0 Å². The Balaban J connectivity index is 1.78. The van der Waals surface area contributed by atoms with Crippen molar-refractivity contribution in [2.24, 2.45) is 5.92 Å². The summed E-state index contributed by atoms with van der Waals surface area (Å²) in [6.45, 7) is 2.00. The van der Waals surface area contributed by atoms with Crippen LogP contribution < -0.4 is 4.72 Å². The van der Waals surface area contributed by atoms with Gasteiger partial charge >= 0.3 is 0 Å². The molecule has 0 unspecified atom stereocenters. The molecule has 0 atom stereocenters. The van der Waals surface area contributed by atoms with Gasteiger partial charge < -0.3 is 4.90 Å². The molecule has 1 N–H and O–H groups in total. The summed E-state index contributed by atoms with van der Waals surface area (Å²) in [7, 11) is -2.49. The van der Waals surface area contributed by atoms with Gasteiger partial charge in [0, 0.05) is 25.2 Å². The number of nitrogens with one attached hydrogen (secondary N) is 1. The minimum Gasteiger partial charge on any atom is -0.339 e. The first-order valence-electron chi connectivity index (χ1n) is 6.89. The van der Waals surface area contributed by atoms with Crippen LogP contribution in [-0.4, -0.2) is 38.9 Å². The van der Waals surface area contributed by atoms with Crippen molar-refractivity contribution < 1.29 is 13.2 Å². The fourth-order valence-electron chi connectivity index (χ4n) is 2.55. The lowest BCUT2D eigenvalue weighted by Gasteiger charge is -2.32. The minimum absolute atomic E-state index is 0.0878. The Hall–Kier alpha value is -1.40. The zero-order chi connectivity index (χ0) is 14.4. The number of piperidine rings is 1. The molecule has 1 heterocycles. The first-order valence-corrected chi connectivity index (χ1v) is 8.07.